The number of carbonyl (C=O) groups is 1. The maximum absolute atomic E-state index is 12.6. The molecule has 0 radical (unpaired) electrons. The second kappa shape index (κ2) is 11.1. The first-order chi connectivity index (χ1) is 16.4. The summed E-state index contributed by atoms with van der Waals surface area (Å²) < 4.78 is 7.93. The number of rotatable bonds is 8. The number of para-hydroxylation sites is 2. The van der Waals surface area contributed by atoms with E-state index in [0.717, 1.165) is 5.69 Å². The highest BCUT2D eigenvalue weighted by atomic mass is 35.5. The third-order valence-corrected chi connectivity index (χ3v) is 6.79. The minimum Gasteiger partial charge on any atom is -0.481 e. The second-order valence-corrected chi connectivity index (χ2v) is 9.28. The van der Waals surface area contributed by atoms with Crippen molar-refractivity contribution in [2.24, 2.45) is 0 Å². The molecule has 1 aromatic heterocycles. The van der Waals surface area contributed by atoms with E-state index in [4.69, 9.17) is 39.5 Å². The highest BCUT2D eigenvalue weighted by molar-refractivity contribution is 7.99. The Morgan fingerprint density at radius 2 is 1.68 bits per heavy atom. The zero-order valence-corrected chi connectivity index (χ0v) is 21.0. The van der Waals surface area contributed by atoms with Gasteiger partial charge in [-0.05, 0) is 43.3 Å². The van der Waals surface area contributed by atoms with Gasteiger partial charge in [-0.2, -0.15) is 0 Å². The van der Waals surface area contributed by atoms with Crippen LogP contribution in [0, 0.1) is 0 Å². The van der Waals surface area contributed by atoms with Gasteiger partial charge in [0.15, 0.2) is 17.1 Å². The lowest BCUT2D eigenvalue weighted by atomic mass is 10.3. The Morgan fingerprint density at radius 1 is 0.971 bits per heavy atom. The number of hydrogen-bond donors (Lipinski definition) is 1. The molecule has 1 N–H and O–H groups in total. The summed E-state index contributed by atoms with van der Waals surface area (Å²) in [6.45, 7) is 1.87. The van der Waals surface area contributed by atoms with E-state index in [1.807, 2.05) is 54.0 Å². The standard InChI is InChI=1S/C24H19Cl3N4O2S/c1-15(33-20-13-6-5-10-17(20)25)23-29-30-24(31(23)16-8-3-2-4-9-16)34-14-21(32)28-19-12-7-11-18(26)22(19)27/h2-13,15H,14H2,1H3,(H,28,32). The molecule has 0 saturated heterocycles. The van der Waals surface area contributed by atoms with Crippen LogP contribution in [0.15, 0.2) is 78.0 Å². The average Bonchev–Trinajstić information content (AvgIpc) is 3.27. The third-order valence-electron chi connectivity index (χ3n) is 4.73. The number of thioether (sulfide) groups is 1. The van der Waals surface area contributed by atoms with Crippen LogP contribution in [0.1, 0.15) is 18.9 Å². The van der Waals surface area contributed by atoms with E-state index in [2.05, 4.69) is 15.5 Å². The van der Waals surface area contributed by atoms with Crippen molar-refractivity contribution in [3.05, 3.63) is 93.7 Å². The molecule has 4 aromatic rings. The molecule has 0 fully saturated rings. The topological polar surface area (TPSA) is 69.0 Å². The molecule has 10 heteroatoms. The van der Waals surface area contributed by atoms with Gasteiger partial charge in [0.1, 0.15) is 5.75 Å². The van der Waals surface area contributed by atoms with Crippen LogP contribution in [0.25, 0.3) is 5.69 Å². The number of anilines is 1. The number of benzene rings is 3. The van der Waals surface area contributed by atoms with Crippen LogP contribution in [0.4, 0.5) is 5.69 Å². The Kier molecular flexibility index (Phi) is 8.00. The number of nitrogens with one attached hydrogen (secondary N) is 1. The number of amides is 1. The van der Waals surface area contributed by atoms with Gasteiger partial charge in [0, 0.05) is 5.69 Å². The van der Waals surface area contributed by atoms with Crippen LogP contribution >= 0.6 is 46.6 Å². The molecule has 0 aliphatic rings. The molecule has 0 aliphatic heterocycles. The summed E-state index contributed by atoms with van der Waals surface area (Å²) in [4.78, 5) is 12.6. The van der Waals surface area contributed by atoms with Gasteiger partial charge in [0.05, 0.1) is 26.5 Å². The SMILES string of the molecule is CC(Oc1ccccc1Cl)c1nnc(SCC(=O)Nc2cccc(Cl)c2Cl)n1-c1ccccc1. The number of carbonyl (C=O) groups excluding carboxylic acids is 1. The Morgan fingerprint density at radius 3 is 2.44 bits per heavy atom. The molecule has 1 unspecified atom stereocenters. The molecular weight excluding hydrogens is 515 g/mol. The van der Waals surface area contributed by atoms with Crippen molar-refractivity contribution in [3.63, 3.8) is 0 Å². The quantitative estimate of drug-likeness (QED) is 0.245. The second-order valence-electron chi connectivity index (χ2n) is 7.14. The smallest absolute Gasteiger partial charge is 0.234 e. The van der Waals surface area contributed by atoms with Crippen molar-refractivity contribution in [2.45, 2.75) is 18.2 Å². The van der Waals surface area contributed by atoms with E-state index in [9.17, 15) is 4.79 Å². The van der Waals surface area contributed by atoms with Gasteiger partial charge in [-0.15, -0.1) is 10.2 Å². The number of aromatic nitrogens is 3. The molecule has 1 heterocycles. The van der Waals surface area contributed by atoms with E-state index < -0.39 is 6.10 Å². The summed E-state index contributed by atoms with van der Waals surface area (Å²) >= 11 is 19.7. The van der Waals surface area contributed by atoms with Crippen molar-refractivity contribution in [3.8, 4) is 11.4 Å². The fourth-order valence-electron chi connectivity index (χ4n) is 3.16. The normalized spacial score (nSPS) is 11.8. The number of ether oxygens (including phenoxy) is 1. The molecular formula is C24H19Cl3N4O2S. The maximum atomic E-state index is 12.6. The van der Waals surface area contributed by atoms with E-state index in [-0.39, 0.29) is 11.7 Å². The Bertz CT molecular complexity index is 1300. The van der Waals surface area contributed by atoms with Gasteiger partial charge >= 0.3 is 0 Å². The first kappa shape index (κ1) is 24.4. The monoisotopic (exact) mass is 532 g/mol. The van der Waals surface area contributed by atoms with Crippen LogP contribution in [0.3, 0.4) is 0 Å². The molecule has 174 valence electrons. The zero-order chi connectivity index (χ0) is 24.1. The summed E-state index contributed by atoms with van der Waals surface area (Å²) in [5.74, 6) is 0.963. The van der Waals surface area contributed by atoms with Crippen molar-refractivity contribution < 1.29 is 9.53 Å². The lowest BCUT2D eigenvalue weighted by Crippen LogP contribution is -2.15. The number of halogens is 3. The average molecular weight is 534 g/mol. The van der Waals surface area contributed by atoms with Gasteiger partial charge in [0.2, 0.25) is 5.91 Å². The highest BCUT2D eigenvalue weighted by Crippen LogP contribution is 2.32. The lowest BCUT2D eigenvalue weighted by Gasteiger charge is -2.17. The fourth-order valence-corrected chi connectivity index (χ4v) is 4.44. The van der Waals surface area contributed by atoms with E-state index in [1.165, 1.54) is 11.8 Å². The summed E-state index contributed by atoms with van der Waals surface area (Å²) in [7, 11) is 0. The maximum Gasteiger partial charge on any atom is 0.234 e. The number of hydrogen-bond acceptors (Lipinski definition) is 5. The molecule has 0 bridgehead atoms. The zero-order valence-electron chi connectivity index (χ0n) is 17.9. The Balaban J connectivity index is 1.55. The van der Waals surface area contributed by atoms with Crippen molar-refractivity contribution in [1.29, 1.82) is 0 Å². The van der Waals surface area contributed by atoms with Crippen LogP contribution in [0.5, 0.6) is 5.75 Å². The molecule has 0 aliphatic carbocycles. The summed E-state index contributed by atoms with van der Waals surface area (Å²) in [5, 5.41) is 13.2. The van der Waals surface area contributed by atoms with Crippen LogP contribution in [-0.4, -0.2) is 26.4 Å². The van der Waals surface area contributed by atoms with Crippen LogP contribution in [0.2, 0.25) is 15.1 Å². The molecule has 34 heavy (non-hydrogen) atoms. The summed E-state index contributed by atoms with van der Waals surface area (Å²) in [5.41, 5.74) is 1.30. The molecule has 1 amide bonds. The fraction of sp³-hybridized carbons (Fsp3) is 0.125. The summed E-state index contributed by atoms with van der Waals surface area (Å²) in [6, 6.07) is 21.9. The van der Waals surface area contributed by atoms with E-state index in [0.29, 0.717) is 37.5 Å². The first-order valence-corrected chi connectivity index (χ1v) is 12.3. The van der Waals surface area contributed by atoms with Crippen molar-refractivity contribution in [1.82, 2.24) is 14.8 Å². The van der Waals surface area contributed by atoms with Gasteiger partial charge < -0.3 is 10.1 Å². The van der Waals surface area contributed by atoms with E-state index >= 15 is 0 Å². The summed E-state index contributed by atoms with van der Waals surface area (Å²) in [6.07, 6.45) is -0.457. The molecule has 4 rings (SSSR count). The predicted molar refractivity (Wildman–Crippen MR) is 138 cm³/mol. The minimum atomic E-state index is -0.457. The Hall–Kier alpha value is -2.71. The van der Waals surface area contributed by atoms with Crippen LogP contribution in [-0.2, 0) is 4.79 Å². The highest BCUT2D eigenvalue weighted by Gasteiger charge is 2.22. The van der Waals surface area contributed by atoms with Crippen LogP contribution < -0.4 is 10.1 Å². The largest absolute Gasteiger partial charge is 0.481 e. The molecule has 6 nitrogen and oxygen atoms in total. The predicted octanol–water partition coefficient (Wildman–Crippen LogP) is 7.10. The van der Waals surface area contributed by atoms with Gasteiger partial charge in [-0.25, -0.2) is 0 Å². The minimum absolute atomic E-state index is 0.0908. The van der Waals surface area contributed by atoms with Crippen molar-refractivity contribution >= 4 is 58.2 Å². The first-order valence-electron chi connectivity index (χ1n) is 10.2. The van der Waals surface area contributed by atoms with Gasteiger partial charge in [-0.3, -0.25) is 9.36 Å². The molecule has 0 spiro atoms. The molecule has 0 saturated carbocycles. The molecule has 3 aromatic carbocycles. The third kappa shape index (κ3) is 5.67. The van der Waals surface area contributed by atoms with Crippen molar-refractivity contribution in [2.75, 3.05) is 11.1 Å². The number of nitrogens with zero attached hydrogens (tertiary/aromatic N) is 3. The Labute approximate surface area is 216 Å². The lowest BCUT2D eigenvalue weighted by molar-refractivity contribution is -0.113. The van der Waals surface area contributed by atoms with Gasteiger partial charge in [-0.1, -0.05) is 83.0 Å². The van der Waals surface area contributed by atoms with Gasteiger partial charge in [0.25, 0.3) is 0 Å². The van der Waals surface area contributed by atoms with E-state index in [1.54, 1.807) is 30.3 Å². The molecule has 1 atom stereocenters.